The molecule has 0 saturated heterocycles. The van der Waals surface area contributed by atoms with Gasteiger partial charge in [-0.05, 0) is 24.6 Å². The van der Waals surface area contributed by atoms with Crippen LogP contribution in [0.5, 0.6) is 23.0 Å². The van der Waals surface area contributed by atoms with Gasteiger partial charge in [-0.2, -0.15) is 0 Å². The zero-order valence-corrected chi connectivity index (χ0v) is 14.0. The first-order valence-corrected chi connectivity index (χ1v) is 7.35. The first-order valence-electron chi connectivity index (χ1n) is 7.35. The molecule has 8 heteroatoms. The van der Waals surface area contributed by atoms with E-state index in [0.29, 0.717) is 5.56 Å². The molecule has 0 radical (unpaired) electrons. The number of nitrogens with two attached hydrogens (primary N) is 1. The number of carbonyl (C=O) groups is 1. The number of methoxy groups -OCH3 is 2. The lowest BCUT2D eigenvalue weighted by atomic mass is 9.91. The van der Waals surface area contributed by atoms with Gasteiger partial charge in [-0.1, -0.05) is 0 Å². The van der Waals surface area contributed by atoms with Gasteiger partial charge in [0.2, 0.25) is 22.8 Å². The Balaban J connectivity index is 2.71. The molecule has 0 saturated carbocycles. The summed E-state index contributed by atoms with van der Waals surface area (Å²) in [5, 5.41) is 20.1. The van der Waals surface area contributed by atoms with E-state index in [1.54, 1.807) is 6.92 Å². The maximum Gasteiger partial charge on any atom is 0.227 e. The van der Waals surface area contributed by atoms with Crippen LogP contribution in [0.4, 0.5) is 0 Å². The number of hydrogen-bond acceptors (Lipinski definition) is 7. The van der Waals surface area contributed by atoms with Crippen LogP contribution in [0.2, 0.25) is 0 Å². The molecule has 4 N–H and O–H groups in total. The van der Waals surface area contributed by atoms with Gasteiger partial charge in [-0.3, -0.25) is 9.59 Å². The van der Waals surface area contributed by atoms with Crippen LogP contribution in [0.3, 0.4) is 0 Å². The predicted octanol–water partition coefficient (Wildman–Crippen LogP) is 1.38. The minimum Gasteiger partial charge on any atom is -0.502 e. The summed E-state index contributed by atoms with van der Waals surface area (Å²) in [5.74, 6) is -2.00. The molecule has 25 heavy (non-hydrogen) atoms. The van der Waals surface area contributed by atoms with Crippen LogP contribution in [-0.2, 0) is 4.79 Å². The third-order valence-electron chi connectivity index (χ3n) is 3.70. The fourth-order valence-electron chi connectivity index (χ4n) is 2.54. The number of aromatic hydroxyl groups is 2. The van der Waals surface area contributed by atoms with Crippen LogP contribution in [0, 0.1) is 6.92 Å². The number of primary amides is 1. The Labute approximate surface area is 143 Å². The monoisotopic (exact) mass is 349 g/mol. The third-order valence-corrected chi connectivity index (χ3v) is 3.70. The van der Waals surface area contributed by atoms with Crippen molar-refractivity contribution in [3.63, 3.8) is 0 Å². The van der Waals surface area contributed by atoms with Crippen molar-refractivity contribution in [1.29, 1.82) is 0 Å². The summed E-state index contributed by atoms with van der Waals surface area (Å²) in [5.41, 5.74) is 5.09. The molecule has 0 unspecified atom stereocenters. The highest BCUT2D eigenvalue weighted by Gasteiger charge is 2.27. The molecule has 1 atom stereocenters. The standard InChI is InChI=1S/C17H19NO7/c1-8-4-11(19)15(21)17(25-8)10(7-14(18)20)9-5-12(23-2)16(22)13(6-9)24-3/h4-6,10,21-22H,7H2,1-3H3,(H2,18,20)/t10-/m1/s1. The van der Waals surface area contributed by atoms with E-state index in [2.05, 4.69) is 0 Å². The Morgan fingerprint density at radius 3 is 2.20 bits per heavy atom. The quantitative estimate of drug-likeness (QED) is 0.717. The van der Waals surface area contributed by atoms with Gasteiger partial charge in [0.25, 0.3) is 0 Å². The van der Waals surface area contributed by atoms with Crippen LogP contribution in [0.25, 0.3) is 0 Å². The Kier molecular flexibility index (Phi) is 5.21. The number of aryl methyl sites for hydroxylation is 1. The zero-order valence-electron chi connectivity index (χ0n) is 14.0. The van der Waals surface area contributed by atoms with Crippen molar-refractivity contribution in [3.05, 3.63) is 45.5 Å². The topological polar surface area (TPSA) is 132 Å². The van der Waals surface area contributed by atoms with Crippen LogP contribution in [0.1, 0.15) is 29.4 Å². The molecule has 0 spiro atoms. The zero-order chi connectivity index (χ0) is 18.7. The Morgan fingerprint density at radius 1 is 1.16 bits per heavy atom. The van der Waals surface area contributed by atoms with Crippen molar-refractivity contribution in [2.75, 3.05) is 14.2 Å². The number of phenolic OH excluding ortho intramolecular Hbond substituents is 1. The lowest BCUT2D eigenvalue weighted by molar-refractivity contribution is -0.118. The molecular formula is C17H19NO7. The first kappa shape index (κ1) is 18.2. The Morgan fingerprint density at radius 2 is 1.72 bits per heavy atom. The third kappa shape index (κ3) is 3.68. The second-order valence-corrected chi connectivity index (χ2v) is 5.43. The average Bonchev–Trinajstić information content (AvgIpc) is 2.56. The highest BCUT2D eigenvalue weighted by atomic mass is 16.5. The summed E-state index contributed by atoms with van der Waals surface area (Å²) in [6.07, 6.45) is -0.239. The number of phenols is 1. The Hall–Kier alpha value is -3.16. The number of amides is 1. The number of hydrogen-bond donors (Lipinski definition) is 3. The largest absolute Gasteiger partial charge is 0.502 e. The minimum atomic E-state index is -0.867. The SMILES string of the molecule is COc1cc([C@@H](CC(N)=O)c2oc(C)cc(=O)c2O)cc(OC)c1O. The van der Waals surface area contributed by atoms with E-state index < -0.39 is 23.0 Å². The molecule has 1 heterocycles. The summed E-state index contributed by atoms with van der Waals surface area (Å²) in [6, 6.07) is 4.04. The molecule has 0 fully saturated rings. The van der Waals surface area contributed by atoms with Crippen LogP contribution in [0.15, 0.2) is 27.4 Å². The lowest BCUT2D eigenvalue weighted by Gasteiger charge is -2.19. The average molecular weight is 349 g/mol. The molecule has 0 aliphatic heterocycles. The summed E-state index contributed by atoms with van der Waals surface area (Å²) < 4.78 is 15.7. The molecule has 134 valence electrons. The van der Waals surface area contributed by atoms with E-state index in [0.717, 1.165) is 6.07 Å². The minimum absolute atomic E-state index is 0.0957. The summed E-state index contributed by atoms with van der Waals surface area (Å²) in [6.45, 7) is 1.55. The van der Waals surface area contributed by atoms with Crippen LogP contribution in [-0.4, -0.2) is 30.3 Å². The van der Waals surface area contributed by atoms with Gasteiger partial charge in [-0.15, -0.1) is 0 Å². The van der Waals surface area contributed by atoms with Crippen molar-refractivity contribution in [2.24, 2.45) is 5.73 Å². The van der Waals surface area contributed by atoms with Crippen LogP contribution >= 0.6 is 0 Å². The van der Waals surface area contributed by atoms with E-state index in [1.807, 2.05) is 0 Å². The number of carbonyl (C=O) groups excluding carboxylic acids is 1. The number of rotatable bonds is 6. The molecule has 1 amide bonds. The van der Waals surface area contributed by atoms with Crippen molar-refractivity contribution in [1.82, 2.24) is 0 Å². The van der Waals surface area contributed by atoms with Gasteiger partial charge in [-0.25, -0.2) is 0 Å². The highest BCUT2D eigenvalue weighted by Crippen LogP contribution is 2.42. The van der Waals surface area contributed by atoms with Crippen molar-refractivity contribution in [2.45, 2.75) is 19.3 Å². The fourth-order valence-corrected chi connectivity index (χ4v) is 2.54. The normalized spacial score (nSPS) is 11.8. The predicted molar refractivity (Wildman–Crippen MR) is 88.2 cm³/mol. The van der Waals surface area contributed by atoms with Crippen molar-refractivity contribution < 1.29 is 28.9 Å². The lowest BCUT2D eigenvalue weighted by Crippen LogP contribution is -2.18. The van der Waals surface area contributed by atoms with Gasteiger partial charge in [0.05, 0.1) is 20.1 Å². The molecule has 1 aromatic heterocycles. The highest BCUT2D eigenvalue weighted by molar-refractivity contribution is 5.75. The smallest absolute Gasteiger partial charge is 0.227 e. The van der Waals surface area contributed by atoms with Gasteiger partial charge in [0, 0.05) is 12.5 Å². The second-order valence-electron chi connectivity index (χ2n) is 5.43. The maximum absolute atomic E-state index is 11.9. The maximum atomic E-state index is 11.9. The molecular weight excluding hydrogens is 330 g/mol. The van der Waals surface area contributed by atoms with Gasteiger partial charge >= 0.3 is 0 Å². The van der Waals surface area contributed by atoms with E-state index in [4.69, 9.17) is 19.6 Å². The Bertz CT molecular complexity index is 832. The summed E-state index contributed by atoms with van der Waals surface area (Å²) in [4.78, 5) is 23.4. The molecule has 0 bridgehead atoms. The van der Waals surface area contributed by atoms with Gasteiger partial charge in [0.1, 0.15) is 5.76 Å². The number of benzene rings is 1. The number of ether oxygens (including phenoxy) is 2. The second kappa shape index (κ2) is 7.16. The van der Waals surface area contributed by atoms with Crippen molar-refractivity contribution >= 4 is 5.91 Å². The van der Waals surface area contributed by atoms with Gasteiger partial charge in [0.15, 0.2) is 17.3 Å². The van der Waals surface area contributed by atoms with E-state index in [-0.39, 0.29) is 35.2 Å². The van der Waals surface area contributed by atoms with E-state index in [1.165, 1.54) is 26.4 Å². The molecule has 0 aliphatic rings. The van der Waals surface area contributed by atoms with Crippen LogP contribution < -0.4 is 20.6 Å². The first-order chi connectivity index (χ1) is 11.8. The molecule has 2 rings (SSSR count). The van der Waals surface area contributed by atoms with Crippen molar-refractivity contribution in [3.8, 4) is 23.0 Å². The molecule has 2 aromatic rings. The summed E-state index contributed by atoms with van der Waals surface area (Å²) in [7, 11) is 2.71. The van der Waals surface area contributed by atoms with Gasteiger partial charge < -0.3 is 29.8 Å². The molecule has 0 aliphatic carbocycles. The van der Waals surface area contributed by atoms with E-state index in [9.17, 15) is 19.8 Å². The molecule has 1 aromatic carbocycles. The fraction of sp³-hybridized carbons (Fsp3) is 0.294. The summed E-state index contributed by atoms with van der Waals surface area (Å²) >= 11 is 0. The molecule has 8 nitrogen and oxygen atoms in total. The van der Waals surface area contributed by atoms with E-state index >= 15 is 0 Å².